The minimum absolute atomic E-state index is 0.351. The molecule has 106 valence electrons. The highest BCUT2D eigenvalue weighted by molar-refractivity contribution is 5.40. The lowest BCUT2D eigenvalue weighted by Gasteiger charge is -2.14. The summed E-state index contributed by atoms with van der Waals surface area (Å²) in [7, 11) is 1.95. The van der Waals surface area contributed by atoms with Crippen molar-refractivity contribution in [2.45, 2.75) is 25.8 Å². The van der Waals surface area contributed by atoms with E-state index in [-0.39, 0.29) is 0 Å². The number of nitrogens with zero attached hydrogens (tertiary/aromatic N) is 2. The molecule has 1 atom stereocenters. The zero-order valence-corrected chi connectivity index (χ0v) is 12.1. The first-order valence-corrected chi connectivity index (χ1v) is 7.20. The second-order valence-corrected chi connectivity index (χ2v) is 5.37. The van der Waals surface area contributed by atoms with Crippen molar-refractivity contribution in [3.05, 3.63) is 47.3 Å². The Kier molecular flexibility index (Phi) is 3.74. The molecule has 1 aromatic carbocycles. The van der Waals surface area contributed by atoms with Crippen molar-refractivity contribution in [3.8, 4) is 5.75 Å². The predicted octanol–water partition coefficient (Wildman–Crippen LogP) is 2.25. The van der Waals surface area contributed by atoms with Crippen molar-refractivity contribution < 1.29 is 4.74 Å². The van der Waals surface area contributed by atoms with Crippen LogP contribution in [-0.2, 0) is 19.9 Å². The molecule has 3 rings (SSSR count). The molecule has 0 saturated heterocycles. The summed E-state index contributed by atoms with van der Waals surface area (Å²) in [6.07, 6.45) is 3.97. The van der Waals surface area contributed by atoms with Crippen LogP contribution in [0.3, 0.4) is 0 Å². The van der Waals surface area contributed by atoms with Gasteiger partial charge in [0.05, 0.1) is 12.3 Å². The number of aromatic nitrogens is 2. The van der Waals surface area contributed by atoms with Gasteiger partial charge in [-0.15, -0.1) is 0 Å². The smallest absolute Gasteiger partial charge is 0.122 e. The molecule has 1 aromatic heterocycles. The molecule has 0 saturated carbocycles. The Bertz CT molecular complexity index is 591. The van der Waals surface area contributed by atoms with E-state index in [9.17, 15) is 0 Å². The van der Waals surface area contributed by atoms with Gasteiger partial charge >= 0.3 is 0 Å². The number of rotatable bonds is 5. The molecule has 2 aromatic rings. The monoisotopic (exact) mass is 271 g/mol. The van der Waals surface area contributed by atoms with Gasteiger partial charge in [0.2, 0.25) is 0 Å². The molecule has 1 N–H and O–H groups in total. The quantitative estimate of drug-likeness (QED) is 0.906. The van der Waals surface area contributed by atoms with Gasteiger partial charge in [-0.05, 0) is 30.2 Å². The predicted molar refractivity (Wildman–Crippen MR) is 79.0 cm³/mol. The van der Waals surface area contributed by atoms with Gasteiger partial charge in [-0.3, -0.25) is 4.68 Å². The second kappa shape index (κ2) is 5.67. The van der Waals surface area contributed by atoms with Crippen LogP contribution in [0.15, 0.2) is 30.5 Å². The summed E-state index contributed by atoms with van der Waals surface area (Å²) < 4.78 is 7.39. The summed E-state index contributed by atoms with van der Waals surface area (Å²) in [6, 6.07) is 8.93. The summed E-state index contributed by atoms with van der Waals surface area (Å²) in [4.78, 5) is 0. The Hall–Kier alpha value is -1.81. The van der Waals surface area contributed by atoms with Crippen molar-refractivity contribution in [1.29, 1.82) is 0 Å². The van der Waals surface area contributed by atoms with Crippen LogP contribution in [0.2, 0.25) is 0 Å². The highest BCUT2D eigenvalue weighted by Crippen LogP contribution is 2.27. The van der Waals surface area contributed by atoms with Crippen molar-refractivity contribution in [3.63, 3.8) is 0 Å². The average molecular weight is 271 g/mol. The molecule has 0 aliphatic carbocycles. The number of benzene rings is 1. The molecule has 0 fully saturated rings. The third-order valence-corrected chi connectivity index (χ3v) is 3.81. The Morgan fingerprint density at radius 3 is 3.10 bits per heavy atom. The van der Waals surface area contributed by atoms with Crippen LogP contribution in [0.5, 0.6) is 5.75 Å². The normalized spacial score (nSPS) is 14.9. The van der Waals surface area contributed by atoms with Gasteiger partial charge in [-0.1, -0.05) is 12.1 Å². The molecule has 1 aliphatic heterocycles. The fourth-order valence-electron chi connectivity index (χ4n) is 2.61. The van der Waals surface area contributed by atoms with E-state index in [2.05, 4.69) is 41.6 Å². The number of hydrogen-bond donors (Lipinski definition) is 1. The van der Waals surface area contributed by atoms with E-state index >= 15 is 0 Å². The number of aryl methyl sites for hydroxylation is 1. The van der Waals surface area contributed by atoms with Crippen molar-refractivity contribution in [2.24, 2.45) is 7.05 Å². The lowest BCUT2D eigenvalue weighted by atomic mass is 10.0. The first-order chi connectivity index (χ1) is 9.72. The topological polar surface area (TPSA) is 39.1 Å². The summed E-state index contributed by atoms with van der Waals surface area (Å²) in [5.74, 6) is 1.05. The van der Waals surface area contributed by atoms with Crippen LogP contribution in [0, 0.1) is 0 Å². The standard InChI is InChI=1S/C16H21N3O/c1-12(17-8-5-15-6-9-19(2)18-15)13-3-4-16-14(11-13)7-10-20-16/h3-4,6,9,11-12,17H,5,7-8,10H2,1-2H3. The number of ether oxygens (including phenoxy) is 1. The zero-order valence-electron chi connectivity index (χ0n) is 12.1. The fraction of sp³-hybridized carbons (Fsp3) is 0.438. The van der Waals surface area contributed by atoms with E-state index in [0.29, 0.717) is 6.04 Å². The Morgan fingerprint density at radius 1 is 1.40 bits per heavy atom. The number of nitrogens with one attached hydrogen (secondary N) is 1. The molecule has 0 amide bonds. The molecule has 0 bridgehead atoms. The van der Waals surface area contributed by atoms with E-state index in [1.54, 1.807) is 0 Å². The highest BCUT2D eigenvalue weighted by Gasteiger charge is 2.14. The van der Waals surface area contributed by atoms with E-state index in [0.717, 1.165) is 37.4 Å². The van der Waals surface area contributed by atoms with Gasteiger partial charge in [-0.25, -0.2) is 0 Å². The van der Waals surface area contributed by atoms with Crippen LogP contribution in [0.25, 0.3) is 0 Å². The van der Waals surface area contributed by atoms with Crippen LogP contribution in [-0.4, -0.2) is 22.9 Å². The molecule has 1 aliphatic rings. The van der Waals surface area contributed by atoms with E-state index in [1.165, 1.54) is 11.1 Å². The Labute approximate surface area is 119 Å². The summed E-state index contributed by atoms with van der Waals surface area (Å²) in [6.45, 7) is 3.96. The van der Waals surface area contributed by atoms with Crippen molar-refractivity contribution in [1.82, 2.24) is 15.1 Å². The molecular weight excluding hydrogens is 250 g/mol. The largest absolute Gasteiger partial charge is 0.493 e. The summed E-state index contributed by atoms with van der Waals surface area (Å²) in [5.41, 5.74) is 3.80. The maximum atomic E-state index is 5.54. The van der Waals surface area contributed by atoms with Gasteiger partial charge in [0, 0.05) is 38.7 Å². The second-order valence-electron chi connectivity index (χ2n) is 5.37. The third-order valence-electron chi connectivity index (χ3n) is 3.81. The van der Waals surface area contributed by atoms with Crippen molar-refractivity contribution >= 4 is 0 Å². The fourth-order valence-corrected chi connectivity index (χ4v) is 2.61. The van der Waals surface area contributed by atoms with Crippen LogP contribution in [0.1, 0.15) is 29.8 Å². The first-order valence-electron chi connectivity index (χ1n) is 7.20. The van der Waals surface area contributed by atoms with Crippen LogP contribution >= 0.6 is 0 Å². The molecule has 1 unspecified atom stereocenters. The summed E-state index contributed by atoms with van der Waals surface area (Å²) in [5, 5.41) is 7.95. The lowest BCUT2D eigenvalue weighted by molar-refractivity contribution is 0.356. The molecule has 4 heteroatoms. The van der Waals surface area contributed by atoms with Gasteiger partial charge < -0.3 is 10.1 Å². The van der Waals surface area contributed by atoms with Crippen molar-refractivity contribution in [2.75, 3.05) is 13.2 Å². The molecule has 20 heavy (non-hydrogen) atoms. The molecular formula is C16H21N3O. The van der Waals surface area contributed by atoms with Gasteiger partial charge in [-0.2, -0.15) is 5.10 Å². The lowest BCUT2D eigenvalue weighted by Crippen LogP contribution is -2.21. The van der Waals surface area contributed by atoms with Crippen LogP contribution in [0.4, 0.5) is 0 Å². The van der Waals surface area contributed by atoms with E-state index in [4.69, 9.17) is 4.74 Å². The molecule has 4 nitrogen and oxygen atoms in total. The number of hydrogen-bond acceptors (Lipinski definition) is 3. The third kappa shape index (κ3) is 2.85. The van der Waals surface area contributed by atoms with Gasteiger partial charge in [0.1, 0.15) is 5.75 Å². The van der Waals surface area contributed by atoms with E-state index < -0.39 is 0 Å². The maximum Gasteiger partial charge on any atom is 0.122 e. The molecule has 0 radical (unpaired) electrons. The Balaban J connectivity index is 1.55. The zero-order chi connectivity index (χ0) is 13.9. The summed E-state index contributed by atoms with van der Waals surface area (Å²) >= 11 is 0. The molecule has 2 heterocycles. The minimum atomic E-state index is 0.351. The van der Waals surface area contributed by atoms with Crippen LogP contribution < -0.4 is 10.1 Å². The highest BCUT2D eigenvalue weighted by atomic mass is 16.5. The van der Waals surface area contributed by atoms with E-state index in [1.807, 2.05) is 17.9 Å². The average Bonchev–Trinajstić information content (AvgIpc) is 3.06. The van der Waals surface area contributed by atoms with Gasteiger partial charge in [0.25, 0.3) is 0 Å². The SMILES string of the molecule is CC(NCCc1ccn(C)n1)c1ccc2c(c1)CCO2. The first kappa shape index (κ1) is 13.2. The molecule has 0 spiro atoms. The number of fused-ring (bicyclic) bond motifs is 1. The maximum absolute atomic E-state index is 5.54. The minimum Gasteiger partial charge on any atom is -0.493 e. The van der Waals surface area contributed by atoms with Gasteiger partial charge in [0.15, 0.2) is 0 Å². The Morgan fingerprint density at radius 2 is 2.30 bits per heavy atom.